The van der Waals surface area contributed by atoms with Crippen molar-refractivity contribution in [3.05, 3.63) is 97.0 Å². The third-order valence-electron chi connectivity index (χ3n) is 5.18. The first kappa shape index (κ1) is 23.6. The fourth-order valence-electron chi connectivity index (χ4n) is 3.29. The summed E-state index contributed by atoms with van der Waals surface area (Å²) in [5.74, 6) is -0.395. The molecule has 0 radical (unpaired) electrons. The summed E-state index contributed by atoms with van der Waals surface area (Å²) in [6, 6.07) is 20.6. The molecule has 0 saturated heterocycles. The average Bonchev–Trinajstić information content (AvgIpc) is 3.28. The van der Waals surface area contributed by atoms with Crippen molar-refractivity contribution in [1.82, 2.24) is 14.8 Å². The average molecular weight is 466 g/mol. The largest absolute Gasteiger partial charge is 0.326 e. The number of anilines is 2. The molecule has 2 N–H and O–H groups in total. The van der Waals surface area contributed by atoms with E-state index >= 15 is 0 Å². The van der Waals surface area contributed by atoms with E-state index in [4.69, 9.17) is 5.10 Å². The maximum absolute atomic E-state index is 12.7. The fourth-order valence-corrected chi connectivity index (χ4v) is 3.29. The predicted molar refractivity (Wildman–Crippen MR) is 139 cm³/mol. The number of rotatable bonds is 6. The number of aromatic nitrogens is 3. The van der Waals surface area contributed by atoms with Crippen molar-refractivity contribution >= 4 is 29.3 Å². The van der Waals surface area contributed by atoms with Gasteiger partial charge in [0.15, 0.2) is 0 Å². The molecule has 0 unspecified atom stereocenters. The van der Waals surface area contributed by atoms with Crippen molar-refractivity contribution in [1.29, 1.82) is 0 Å². The SMILES string of the molecule is CC(C)(C)C(=O)Nc1cccc(NC(=O)/C=C/c2cn(-c3ccccc3)nc2-c2cccnc2)c1. The molecule has 35 heavy (non-hydrogen) atoms. The molecule has 0 saturated carbocycles. The zero-order valence-corrected chi connectivity index (χ0v) is 19.9. The van der Waals surface area contributed by atoms with Crippen molar-refractivity contribution in [2.45, 2.75) is 20.8 Å². The Morgan fingerprint density at radius 3 is 2.34 bits per heavy atom. The van der Waals surface area contributed by atoms with Crippen LogP contribution in [0.15, 0.2) is 91.4 Å². The van der Waals surface area contributed by atoms with Crippen LogP contribution in [0.5, 0.6) is 0 Å². The molecule has 7 nitrogen and oxygen atoms in total. The quantitative estimate of drug-likeness (QED) is 0.364. The molecule has 0 bridgehead atoms. The number of carbonyl (C=O) groups is 2. The van der Waals surface area contributed by atoms with Gasteiger partial charge in [-0.15, -0.1) is 0 Å². The van der Waals surface area contributed by atoms with Gasteiger partial charge in [-0.3, -0.25) is 14.6 Å². The standard InChI is InChI=1S/C28H27N5O2/c1-28(2,3)27(35)31-23-11-7-10-22(17-23)30-25(34)15-14-21-19-33(24-12-5-4-6-13-24)32-26(21)20-9-8-16-29-18-20/h4-19H,1-3H3,(H,30,34)(H,31,35)/b15-14+. The number of hydrogen-bond acceptors (Lipinski definition) is 4. The first-order valence-corrected chi connectivity index (χ1v) is 11.3. The summed E-state index contributed by atoms with van der Waals surface area (Å²) in [7, 11) is 0. The second-order valence-electron chi connectivity index (χ2n) is 9.06. The molecule has 4 aromatic rings. The molecule has 0 fully saturated rings. The van der Waals surface area contributed by atoms with Crippen LogP contribution in [0.2, 0.25) is 0 Å². The van der Waals surface area contributed by atoms with Gasteiger partial charge < -0.3 is 10.6 Å². The van der Waals surface area contributed by atoms with Crippen LogP contribution in [-0.4, -0.2) is 26.6 Å². The minimum absolute atomic E-state index is 0.0979. The van der Waals surface area contributed by atoms with E-state index in [1.165, 1.54) is 6.08 Å². The second-order valence-corrected chi connectivity index (χ2v) is 9.06. The number of hydrogen-bond donors (Lipinski definition) is 2. The summed E-state index contributed by atoms with van der Waals surface area (Å²) in [5, 5.41) is 10.4. The summed E-state index contributed by atoms with van der Waals surface area (Å²) in [6.07, 6.45) is 8.52. The highest BCUT2D eigenvalue weighted by Crippen LogP contribution is 2.24. The molecule has 0 aliphatic heterocycles. The fraction of sp³-hybridized carbons (Fsp3) is 0.143. The smallest absolute Gasteiger partial charge is 0.248 e. The predicted octanol–water partition coefficient (Wildman–Crippen LogP) is 5.57. The minimum Gasteiger partial charge on any atom is -0.326 e. The van der Waals surface area contributed by atoms with Crippen molar-refractivity contribution in [3.8, 4) is 16.9 Å². The zero-order valence-electron chi connectivity index (χ0n) is 19.9. The van der Waals surface area contributed by atoms with E-state index in [-0.39, 0.29) is 11.8 Å². The summed E-state index contributed by atoms with van der Waals surface area (Å²) in [5.41, 5.74) is 3.95. The Labute approximate surface area is 204 Å². The lowest BCUT2D eigenvalue weighted by atomic mass is 9.95. The van der Waals surface area contributed by atoms with Crippen molar-refractivity contribution in [3.63, 3.8) is 0 Å². The molecule has 2 heterocycles. The van der Waals surface area contributed by atoms with E-state index in [2.05, 4.69) is 15.6 Å². The van der Waals surface area contributed by atoms with Gasteiger partial charge in [-0.2, -0.15) is 5.10 Å². The molecule has 7 heteroatoms. The van der Waals surface area contributed by atoms with Gasteiger partial charge in [0.2, 0.25) is 11.8 Å². The lowest BCUT2D eigenvalue weighted by Gasteiger charge is -2.18. The third-order valence-corrected chi connectivity index (χ3v) is 5.18. The molecule has 176 valence electrons. The number of benzene rings is 2. The molecule has 0 aliphatic rings. The van der Waals surface area contributed by atoms with Crippen LogP contribution in [0, 0.1) is 5.41 Å². The maximum Gasteiger partial charge on any atom is 0.248 e. The molecule has 2 amide bonds. The first-order chi connectivity index (χ1) is 16.8. The van der Waals surface area contributed by atoms with E-state index in [0.29, 0.717) is 11.4 Å². The monoisotopic (exact) mass is 465 g/mol. The van der Waals surface area contributed by atoms with Crippen molar-refractivity contribution in [2.75, 3.05) is 10.6 Å². The van der Waals surface area contributed by atoms with E-state index in [1.807, 2.05) is 69.4 Å². The van der Waals surface area contributed by atoms with E-state index in [0.717, 1.165) is 22.5 Å². The maximum atomic E-state index is 12.7. The van der Waals surface area contributed by atoms with Gasteiger partial charge in [0, 0.05) is 52.6 Å². The Hall–Kier alpha value is -4.52. The number of nitrogens with zero attached hydrogens (tertiary/aromatic N) is 3. The summed E-state index contributed by atoms with van der Waals surface area (Å²) >= 11 is 0. The van der Waals surface area contributed by atoms with Gasteiger partial charge in [0.1, 0.15) is 5.69 Å². The molecule has 0 atom stereocenters. The van der Waals surface area contributed by atoms with Crippen LogP contribution in [-0.2, 0) is 9.59 Å². The lowest BCUT2D eigenvalue weighted by molar-refractivity contribution is -0.123. The third kappa shape index (κ3) is 6.09. The first-order valence-electron chi connectivity index (χ1n) is 11.3. The highest BCUT2D eigenvalue weighted by Gasteiger charge is 2.21. The second kappa shape index (κ2) is 10.2. The van der Waals surface area contributed by atoms with E-state index in [1.54, 1.807) is 47.4 Å². The number of pyridine rings is 1. The van der Waals surface area contributed by atoms with Crippen LogP contribution < -0.4 is 10.6 Å². The number of carbonyl (C=O) groups excluding carboxylic acids is 2. The number of nitrogens with one attached hydrogen (secondary N) is 2. The normalized spacial score (nSPS) is 11.4. The Morgan fingerprint density at radius 2 is 1.66 bits per heavy atom. The Kier molecular flexibility index (Phi) is 6.87. The molecule has 2 aromatic heterocycles. The van der Waals surface area contributed by atoms with Gasteiger partial charge in [-0.25, -0.2) is 4.68 Å². The minimum atomic E-state index is -0.516. The highest BCUT2D eigenvalue weighted by atomic mass is 16.2. The Balaban J connectivity index is 1.54. The van der Waals surface area contributed by atoms with Gasteiger partial charge in [-0.05, 0) is 48.5 Å². The van der Waals surface area contributed by atoms with Crippen molar-refractivity contribution < 1.29 is 9.59 Å². The van der Waals surface area contributed by atoms with Crippen LogP contribution in [0.4, 0.5) is 11.4 Å². The highest BCUT2D eigenvalue weighted by molar-refractivity contribution is 6.03. The summed E-state index contributed by atoms with van der Waals surface area (Å²) in [4.78, 5) is 29.1. The van der Waals surface area contributed by atoms with Crippen LogP contribution in [0.25, 0.3) is 23.0 Å². The van der Waals surface area contributed by atoms with E-state index < -0.39 is 5.41 Å². The van der Waals surface area contributed by atoms with Gasteiger partial charge in [0.25, 0.3) is 0 Å². The molecule has 0 aliphatic carbocycles. The zero-order chi connectivity index (χ0) is 24.8. The number of para-hydroxylation sites is 1. The molecule has 4 rings (SSSR count). The molecule has 2 aromatic carbocycles. The summed E-state index contributed by atoms with van der Waals surface area (Å²) in [6.45, 7) is 5.54. The molecule has 0 spiro atoms. The van der Waals surface area contributed by atoms with Gasteiger partial charge >= 0.3 is 0 Å². The Bertz CT molecular complexity index is 1350. The topological polar surface area (TPSA) is 88.9 Å². The Morgan fingerprint density at radius 1 is 0.914 bits per heavy atom. The molecular weight excluding hydrogens is 438 g/mol. The summed E-state index contributed by atoms with van der Waals surface area (Å²) < 4.78 is 1.78. The van der Waals surface area contributed by atoms with E-state index in [9.17, 15) is 9.59 Å². The van der Waals surface area contributed by atoms with Crippen LogP contribution in [0.1, 0.15) is 26.3 Å². The van der Waals surface area contributed by atoms with Gasteiger partial charge in [-0.1, -0.05) is 45.0 Å². The molecular formula is C28H27N5O2. The van der Waals surface area contributed by atoms with Crippen LogP contribution in [0.3, 0.4) is 0 Å². The number of amides is 2. The lowest BCUT2D eigenvalue weighted by Crippen LogP contribution is -2.27. The van der Waals surface area contributed by atoms with Crippen LogP contribution >= 0.6 is 0 Å². The van der Waals surface area contributed by atoms with Gasteiger partial charge in [0.05, 0.1) is 5.69 Å². The van der Waals surface area contributed by atoms with Crippen molar-refractivity contribution in [2.24, 2.45) is 5.41 Å².